The Morgan fingerprint density at radius 1 is 1.11 bits per heavy atom. The van der Waals surface area contributed by atoms with Crippen LogP contribution >= 0.6 is 0 Å². The Morgan fingerprint density at radius 3 is 2.39 bits per heavy atom. The number of rotatable bonds is 7. The molecule has 6 nitrogen and oxygen atoms in total. The number of benzene rings is 2. The van der Waals surface area contributed by atoms with Crippen LogP contribution in [0, 0.1) is 6.92 Å². The van der Waals surface area contributed by atoms with E-state index in [4.69, 9.17) is 0 Å². The van der Waals surface area contributed by atoms with Crippen molar-refractivity contribution >= 4 is 11.9 Å². The Kier molecular flexibility index (Phi) is 7.74. The standard InChI is InChI=1S/C20H24F2N4O2/c1-13-4-9-17(28-19(21)22)16(10-13)12-26-20(24-3)25-11-14-5-7-15(8-6-14)18(27)23-2/h4-10,19H,11-12H2,1-3H3,(H,23,27)(H2,24,25,26). The van der Waals surface area contributed by atoms with Gasteiger partial charge in [-0.2, -0.15) is 8.78 Å². The smallest absolute Gasteiger partial charge is 0.387 e. The van der Waals surface area contributed by atoms with E-state index in [1.165, 1.54) is 6.07 Å². The molecule has 2 aromatic rings. The molecule has 2 aromatic carbocycles. The van der Waals surface area contributed by atoms with Crippen molar-refractivity contribution in [1.82, 2.24) is 16.0 Å². The van der Waals surface area contributed by atoms with Gasteiger partial charge in [0.25, 0.3) is 5.91 Å². The van der Waals surface area contributed by atoms with Crippen LogP contribution in [-0.4, -0.2) is 32.6 Å². The number of hydrogen-bond acceptors (Lipinski definition) is 3. The first-order chi connectivity index (χ1) is 13.4. The fraction of sp³-hybridized carbons (Fsp3) is 0.300. The van der Waals surface area contributed by atoms with E-state index in [0.29, 0.717) is 23.6 Å². The van der Waals surface area contributed by atoms with Crippen LogP contribution in [0.15, 0.2) is 47.5 Å². The zero-order chi connectivity index (χ0) is 20.5. The summed E-state index contributed by atoms with van der Waals surface area (Å²) < 4.78 is 29.7. The fourth-order valence-corrected chi connectivity index (χ4v) is 2.56. The predicted molar refractivity (Wildman–Crippen MR) is 105 cm³/mol. The highest BCUT2D eigenvalue weighted by molar-refractivity contribution is 5.93. The number of halogens is 2. The largest absolute Gasteiger partial charge is 0.434 e. The van der Waals surface area contributed by atoms with Crippen LogP contribution in [0.5, 0.6) is 5.75 Å². The number of carbonyl (C=O) groups is 1. The summed E-state index contributed by atoms with van der Waals surface area (Å²) in [6.45, 7) is -0.233. The van der Waals surface area contributed by atoms with E-state index < -0.39 is 6.61 Å². The number of amides is 1. The van der Waals surface area contributed by atoms with Crippen LogP contribution < -0.4 is 20.7 Å². The summed E-state index contributed by atoms with van der Waals surface area (Å²) in [5.41, 5.74) is 3.10. The van der Waals surface area contributed by atoms with E-state index in [1.807, 2.05) is 19.1 Å². The van der Waals surface area contributed by atoms with Gasteiger partial charge in [0.15, 0.2) is 5.96 Å². The summed E-state index contributed by atoms with van der Waals surface area (Å²) in [5, 5.41) is 8.80. The number of alkyl halides is 2. The third-order valence-electron chi connectivity index (χ3n) is 4.01. The van der Waals surface area contributed by atoms with Gasteiger partial charge in [0.1, 0.15) is 5.75 Å². The Balaban J connectivity index is 1.95. The maximum atomic E-state index is 12.6. The first kappa shape index (κ1) is 21.1. The second-order valence-corrected chi connectivity index (χ2v) is 6.05. The highest BCUT2D eigenvalue weighted by Crippen LogP contribution is 2.21. The van der Waals surface area contributed by atoms with E-state index in [-0.39, 0.29) is 18.2 Å². The molecule has 0 radical (unpaired) electrons. The van der Waals surface area contributed by atoms with Crippen LogP contribution in [-0.2, 0) is 13.1 Å². The third-order valence-corrected chi connectivity index (χ3v) is 4.01. The van der Waals surface area contributed by atoms with Gasteiger partial charge in [0, 0.05) is 38.3 Å². The number of nitrogens with one attached hydrogen (secondary N) is 3. The van der Waals surface area contributed by atoms with E-state index in [1.54, 1.807) is 38.4 Å². The van der Waals surface area contributed by atoms with Crippen LogP contribution in [0.25, 0.3) is 0 Å². The molecule has 0 aliphatic heterocycles. The first-order valence-electron chi connectivity index (χ1n) is 8.72. The van der Waals surface area contributed by atoms with Gasteiger partial charge in [-0.3, -0.25) is 9.79 Å². The molecular formula is C20H24F2N4O2. The van der Waals surface area contributed by atoms with Crippen molar-refractivity contribution in [2.24, 2.45) is 4.99 Å². The van der Waals surface area contributed by atoms with Gasteiger partial charge in [-0.05, 0) is 30.7 Å². The number of carbonyl (C=O) groups excluding carboxylic acids is 1. The van der Waals surface area contributed by atoms with Crippen molar-refractivity contribution in [3.05, 3.63) is 64.7 Å². The molecular weight excluding hydrogens is 366 g/mol. The predicted octanol–water partition coefficient (Wildman–Crippen LogP) is 2.82. The molecule has 0 saturated heterocycles. The molecule has 150 valence electrons. The highest BCUT2D eigenvalue weighted by Gasteiger charge is 2.10. The van der Waals surface area contributed by atoms with Gasteiger partial charge in [-0.15, -0.1) is 0 Å². The normalized spacial score (nSPS) is 11.3. The van der Waals surface area contributed by atoms with Gasteiger partial charge >= 0.3 is 6.61 Å². The summed E-state index contributed by atoms with van der Waals surface area (Å²) in [7, 11) is 3.20. The quantitative estimate of drug-likeness (QED) is 0.502. The lowest BCUT2D eigenvalue weighted by Gasteiger charge is -2.15. The zero-order valence-electron chi connectivity index (χ0n) is 16.1. The maximum absolute atomic E-state index is 12.6. The Labute approximate surface area is 163 Å². The molecule has 0 aromatic heterocycles. The summed E-state index contributed by atoms with van der Waals surface area (Å²) in [5.74, 6) is 0.505. The number of guanidine groups is 1. The summed E-state index contributed by atoms with van der Waals surface area (Å²) in [4.78, 5) is 15.7. The fourth-order valence-electron chi connectivity index (χ4n) is 2.56. The van der Waals surface area contributed by atoms with Crippen molar-refractivity contribution in [1.29, 1.82) is 0 Å². The second-order valence-electron chi connectivity index (χ2n) is 6.05. The van der Waals surface area contributed by atoms with Crippen molar-refractivity contribution in [3.63, 3.8) is 0 Å². The molecule has 0 unspecified atom stereocenters. The van der Waals surface area contributed by atoms with Gasteiger partial charge in [0.05, 0.1) is 0 Å². The zero-order valence-corrected chi connectivity index (χ0v) is 16.1. The molecule has 1 amide bonds. The lowest BCUT2D eigenvalue weighted by atomic mass is 10.1. The Morgan fingerprint density at radius 2 is 1.79 bits per heavy atom. The lowest BCUT2D eigenvalue weighted by Crippen LogP contribution is -2.36. The molecule has 0 aliphatic carbocycles. The molecule has 0 heterocycles. The minimum absolute atomic E-state index is 0.133. The monoisotopic (exact) mass is 390 g/mol. The van der Waals surface area contributed by atoms with E-state index in [2.05, 4.69) is 25.7 Å². The molecule has 28 heavy (non-hydrogen) atoms. The van der Waals surface area contributed by atoms with Crippen molar-refractivity contribution in [3.8, 4) is 5.75 Å². The van der Waals surface area contributed by atoms with Gasteiger partial charge in [-0.1, -0.05) is 29.8 Å². The molecule has 0 saturated carbocycles. The third kappa shape index (κ3) is 6.22. The minimum Gasteiger partial charge on any atom is -0.434 e. The highest BCUT2D eigenvalue weighted by atomic mass is 19.3. The molecule has 3 N–H and O–H groups in total. The average molecular weight is 390 g/mol. The first-order valence-corrected chi connectivity index (χ1v) is 8.72. The van der Waals surface area contributed by atoms with Crippen molar-refractivity contribution in [2.75, 3.05) is 14.1 Å². The number of aliphatic imine (C=N–C) groups is 1. The van der Waals surface area contributed by atoms with Crippen LogP contribution in [0.3, 0.4) is 0 Å². The van der Waals surface area contributed by atoms with Crippen LogP contribution in [0.1, 0.15) is 27.0 Å². The Bertz CT molecular complexity index is 823. The van der Waals surface area contributed by atoms with E-state index in [9.17, 15) is 13.6 Å². The summed E-state index contributed by atoms with van der Waals surface area (Å²) >= 11 is 0. The summed E-state index contributed by atoms with van der Waals surface area (Å²) in [6, 6.07) is 12.2. The van der Waals surface area contributed by atoms with E-state index in [0.717, 1.165) is 11.1 Å². The molecule has 2 rings (SSSR count). The van der Waals surface area contributed by atoms with Crippen molar-refractivity contribution in [2.45, 2.75) is 26.6 Å². The van der Waals surface area contributed by atoms with Gasteiger partial charge in [-0.25, -0.2) is 0 Å². The topological polar surface area (TPSA) is 74.8 Å². The molecule has 0 bridgehead atoms. The lowest BCUT2D eigenvalue weighted by molar-refractivity contribution is -0.0504. The summed E-state index contributed by atoms with van der Waals surface area (Å²) in [6.07, 6.45) is 0. The molecule has 0 aliphatic rings. The van der Waals surface area contributed by atoms with Gasteiger partial charge < -0.3 is 20.7 Å². The van der Waals surface area contributed by atoms with Crippen molar-refractivity contribution < 1.29 is 18.3 Å². The number of ether oxygens (including phenoxy) is 1. The SMILES string of the molecule is CN=C(NCc1ccc(C(=O)NC)cc1)NCc1cc(C)ccc1OC(F)F. The molecule has 0 atom stereocenters. The minimum atomic E-state index is -2.88. The molecule has 8 heteroatoms. The van der Waals surface area contributed by atoms with E-state index >= 15 is 0 Å². The molecule has 0 fully saturated rings. The average Bonchev–Trinajstić information content (AvgIpc) is 2.69. The second kappa shape index (κ2) is 10.2. The molecule has 0 spiro atoms. The van der Waals surface area contributed by atoms with Crippen LogP contribution in [0.4, 0.5) is 8.78 Å². The maximum Gasteiger partial charge on any atom is 0.387 e. The number of hydrogen-bond donors (Lipinski definition) is 3. The van der Waals surface area contributed by atoms with Crippen LogP contribution in [0.2, 0.25) is 0 Å². The van der Waals surface area contributed by atoms with Gasteiger partial charge in [0.2, 0.25) is 0 Å². The number of nitrogens with zero attached hydrogens (tertiary/aromatic N) is 1. The Hall–Kier alpha value is -3.16. The number of aryl methyl sites for hydroxylation is 1.